The van der Waals surface area contributed by atoms with Gasteiger partial charge in [0.2, 0.25) is 0 Å². The van der Waals surface area contributed by atoms with E-state index in [1.54, 1.807) is 0 Å². The molecule has 1 saturated heterocycles. The highest BCUT2D eigenvalue weighted by molar-refractivity contribution is 5.95. The Morgan fingerprint density at radius 2 is 1.91 bits per heavy atom. The molecule has 0 aromatic heterocycles. The number of piperazine rings is 1. The molecule has 2 aromatic rings. The highest BCUT2D eigenvalue weighted by Gasteiger charge is 2.23. The Morgan fingerprint density at radius 3 is 2.68 bits per heavy atom. The van der Waals surface area contributed by atoms with Crippen LogP contribution in [0.15, 0.2) is 54.6 Å². The SMILES string of the molecule is C[C@@H]1CNCCN1C(=O)c1cccc(Nc2ccccc2)c1. The largest absolute Gasteiger partial charge is 0.356 e. The minimum Gasteiger partial charge on any atom is -0.356 e. The summed E-state index contributed by atoms with van der Waals surface area (Å²) in [5.41, 5.74) is 2.68. The summed E-state index contributed by atoms with van der Waals surface area (Å²) in [5, 5.41) is 6.64. The van der Waals surface area contributed by atoms with Crippen LogP contribution < -0.4 is 10.6 Å². The van der Waals surface area contributed by atoms with Crippen molar-refractivity contribution in [3.05, 3.63) is 60.2 Å². The number of hydrogen-bond acceptors (Lipinski definition) is 3. The fourth-order valence-electron chi connectivity index (χ4n) is 2.73. The van der Waals surface area contributed by atoms with E-state index in [1.165, 1.54) is 0 Å². The van der Waals surface area contributed by atoms with Crippen LogP contribution >= 0.6 is 0 Å². The summed E-state index contributed by atoms with van der Waals surface area (Å²) in [4.78, 5) is 14.6. The zero-order valence-electron chi connectivity index (χ0n) is 12.8. The summed E-state index contributed by atoms with van der Waals surface area (Å²) in [5.74, 6) is 0.103. The summed E-state index contributed by atoms with van der Waals surface area (Å²) >= 11 is 0. The van der Waals surface area contributed by atoms with Crippen molar-refractivity contribution in [1.82, 2.24) is 10.2 Å². The Kier molecular flexibility index (Phi) is 4.39. The first kappa shape index (κ1) is 14.6. The zero-order valence-corrected chi connectivity index (χ0v) is 12.8. The van der Waals surface area contributed by atoms with E-state index in [4.69, 9.17) is 0 Å². The summed E-state index contributed by atoms with van der Waals surface area (Å²) in [6.45, 7) is 4.55. The molecular formula is C18H21N3O. The van der Waals surface area contributed by atoms with Crippen LogP contribution in [0.25, 0.3) is 0 Å². The Labute approximate surface area is 131 Å². The smallest absolute Gasteiger partial charge is 0.254 e. The van der Waals surface area contributed by atoms with Crippen LogP contribution in [0.2, 0.25) is 0 Å². The molecule has 3 rings (SSSR count). The fourth-order valence-corrected chi connectivity index (χ4v) is 2.73. The standard InChI is InChI=1S/C18H21N3O/c1-14-13-19-10-11-21(14)18(22)15-6-5-9-17(12-15)20-16-7-3-2-4-8-16/h2-9,12,14,19-20H,10-11,13H2,1H3/t14-/m1/s1. The number of anilines is 2. The second-order valence-corrected chi connectivity index (χ2v) is 5.62. The van der Waals surface area contributed by atoms with Gasteiger partial charge in [0, 0.05) is 42.6 Å². The number of amides is 1. The van der Waals surface area contributed by atoms with Crippen LogP contribution in [0.5, 0.6) is 0 Å². The minimum atomic E-state index is 0.103. The molecule has 1 atom stereocenters. The highest BCUT2D eigenvalue weighted by Crippen LogP contribution is 2.19. The lowest BCUT2D eigenvalue weighted by atomic mass is 10.1. The second-order valence-electron chi connectivity index (χ2n) is 5.62. The highest BCUT2D eigenvalue weighted by atomic mass is 16.2. The Bertz CT molecular complexity index is 642. The molecule has 1 heterocycles. The van der Waals surface area contributed by atoms with E-state index in [9.17, 15) is 4.79 Å². The Morgan fingerprint density at radius 1 is 1.14 bits per heavy atom. The molecule has 114 valence electrons. The molecule has 1 fully saturated rings. The van der Waals surface area contributed by atoms with Crippen molar-refractivity contribution in [2.24, 2.45) is 0 Å². The van der Waals surface area contributed by atoms with Crippen molar-refractivity contribution >= 4 is 17.3 Å². The van der Waals surface area contributed by atoms with Gasteiger partial charge in [-0.05, 0) is 37.3 Å². The lowest BCUT2D eigenvalue weighted by molar-refractivity contribution is 0.0656. The molecule has 1 aliphatic rings. The first-order valence-corrected chi connectivity index (χ1v) is 7.68. The first-order valence-electron chi connectivity index (χ1n) is 7.68. The molecule has 0 saturated carbocycles. The zero-order chi connectivity index (χ0) is 15.4. The Balaban J connectivity index is 1.77. The Hall–Kier alpha value is -2.33. The van der Waals surface area contributed by atoms with Crippen LogP contribution in [0.4, 0.5) is 11.4 Å². The number of hydrogen-bond donors (Lipinski definition) is 2. The van der Waals surface area contributed by atoms with Gasteiger partial charge in [0.1, 0.15) is 0 Å². The normalized spacial score (nSPS) is 18.0. The van der Waals surface area contributed by atoms with Gasteiger partial charge in [-0.2, -0.15) is 0 Å². The maximum Gasteiger partial charge on any atom is 0.254 e. The molecule has 1 aliphatic heterocycles. The van der Waals surface area contributed by atoms with E-state index >= 15 is 0 Å². The van der Waals surface area contributed by atoms with Gasteiger partial charge in [-0.1, -0.05) is 24.3 Å². The number of nitrogens with zero attached hydrogens (tertiary/aromatic N) is 1. The summed E-state index contributed by atoms with van der Waals surface area (Å²) in [7, 11) is 0. The van der Waals surface area contributed by atoms with Crippen molar-refractivity contribution in [2.75, 3.05) is 25.0 Å². The molecule has 4 nitrogen and oxygen atoms in total. The molecule has 4 heteroatoms. The van der Waals surface area contributed by atoms with E-state index in [0.717, 1.165) is 36.6 Å². The van der Waals surface area contributed by atoms with Gasteiger partial charge >= 0.3 is 0 Å². The predicted molar refractivity (Wildman–Crippen MR) is 89.5 cm³/mol. The van der Waals surface area contributed by atoms with Gasteiger partial charge in [-0.3, -0.25) is 4.79 Å². The van der Waals surface area contributed by atoms with Crippen LogP contribution in [0.3, 0.4) is 0 Å². The summed E-state index contributed by atoms with van der Waals surface area (Å²) < 4.78 is 0. The predicted octanol–water partition coefficient (Wildman–Crippen LogP) is 2.86. The fraction of sp³-hybridized carbons (Fsp3) is 0.278. The van der Waals surface area contributed by atoms with Gasteiger partial charge in [0.15, 0.2) is 0 Å². The van der Waals surface area contributed by atoms with Crippen LogP contribution in [-0.4, -0.2) is 36.5 Å². The molecule has 22 heavy (non-hydrogen) atoms. The van der Waals surface area contributed by atoms with E-state index < -0.39 is 0 Å². The third kappa shape index (κ3) is 3.28. The van der Waals surface area contributed by atoms with Crippen molar-refractivity contribution in [3.8, 4) is 0 Å². The monoisotopic (exact) mass is 295 g/mol. The third-order valence-electron chi connectivity index (χ3n) is 3.93. The maximum atomic E-state index is 12.7. The van der Waals surface area contributed by atoms with Crippen LogP contribution in [0, 0.1) is 0 Å². The average molecular weight is 295 g/mol. The number of benzene rings is 2. The molecule has 0 radical (unpaired) electrons. The van der Waals surface area contributed by atoms with Gasteiger partial charge in [0.05, 0.1) is 0 Å². The van der Waals surface area contributed by atoms with Crippen molar-refractivity contribution < 1.29 is 4.79 Å². The molecule has 0 spiro atoms. The molecule has 0 aliphatic carbocycles. The van der Waals surface area contributed by atoms with E-state index in [0.29, 0.717) is 0 Å². The van der Waals surface area contributed by atoms with Gasteiger partial charge in [0.25, 0.3) is 5.91 Å². The van der Waals surface area contributed by atoms with Gasteiger partial charge < -0.3 is 15.5 Å². The number of carbonyl (C=O) groups is 1. The molecule has 2 aromatic carbocycles. The molecule has 2 N–H and O–H groups in total. The van der Waals surface area contributed by atoms with E-state index in [-0.39, 0.29) is 11.9 Å². The van der Waals surface area contributed by atoms with Crippen molar-refractivity contribution in [3.63, 3.8) is 0 Å². The first-order chi connectivity index (χ1) is 10.7. The second kappa shape index (κ2) is 6.62. The third-order valence-corrected chi connectivity index (χ3v) is 3.93. The van der Waals surface area contributed by atoms with E-state index in [2.05, 4.69) is 17.6 Å². The number of para-hydroxylation sites is 1. The van der Waals surface area contributed by atoms with E-state index in [1.807, 2.05) is 59.5 Å². The molecule has 1 amide bonds. The topological polar surface area (TPSA) is 44.4 Å². The van der Waals surface area contributed by atoms with Crippen molar-refractivity contribution in [2.45, 2.75) is 13.0 Å². The van der Waals surface area contributed by atoms with Gasteiger partial charge in [-0.25, -0.2) is 0 Å². The number of rotatable bonds is 3. The maximum absolute atomic E-state index is 12.7. The molecular weight excluding hydrogens is 274 g/mol. The lowest BCUT2D eigenvalue weighted by Gasteiger charge is -2.34. The quantitative estimate of drug-likeness (QED) is 0.915. The molecule has 0 bridgehead atoms. The minimum absolute atomic E-state index is 0.103. The van der Waals surface area contributed by atoms with Crippen LogP contribution in [-0.2, 0) is 0 Å². The van der Waals surface area contributed by atoms with Crippen molar-refractivity contribution in [1.29, 1.82) is 0 Å². The van der Waals surface area contributed by atoms with Crippen LogP contribution in [0.1, 0.15) is 17.3 Å². The average Bonchev–Trinajstić information content (AvgIpc) is 2.56. The summed E-state index contributed by atoms with van der Waals surface area (Å²) in [6, 6.07) is 17.9. The molecule has 0 unspecified atom stereocenters. The number of carbonyl (C=O) groups excluding carboxylic acids is 1. The summed E-state index contributed by atoms with van der Waals surface area (Å²) in [6.07, 6.45) is 0. The van der Waals surface area contributed by atoms with Gasteiger partial charge in [-0.15, -0.1) is 0 Å². The lowest BCUT2D eigenvalue weighted by Crippen LogP contribution is -2.52. The number of nitrogens with one attached hydrogen (secondary N) is 2.